The Morgan fingerprint density at radius 1 is 1.04 bits per heavy atom. The first-order chi connectivity index (χ1) is 11.2. The minimum atomic E-state index is 0.0163. The van der Waals surface area contributed by atoms with E-state index in [1.807, 2.05) is 54.6 Å². The van der Waals surface area contributed by atoms with E-state index in [2.05, 4.69) is 10.2 Å². The summed E-state index contributed by atoms with van der Waals surface area (Å²) in [6.07, 6.45) is 0.414. The molecule has 23 heavy (non-hydrogen) atoms. The fourth-order valence-electron chi connectivity index (χ4n) is 2.63. The van der Waals surface area contributed by atoms with Crippen molar-refractivity contribution in [3.05, 3.63) is 65.2 Å². The molecule has 3 aromatic rings. The van der Waals surface area contributed by atoms with Gasteiger partial charge in [-0.25, -0.2) is 4.57 Å². The largest absolute Gasteiger partial charge is 0.274 e. The molecule has 4 nitrogen and oxygen atoms in total. The molecule has 1 aliphatic rings. The van der Waals surface area contributed by atoms with E-state index in [-0.39, 0.29) is 11.2 Å². The topological polar surface area (TPSA) is 47.8 Å². The van der Waals surface area contributed by atoms with Crippen LogP contribution < -0.4 is 0 Å². The van der Waals surface area contributed by atoms with Gasteiger partial charge in [-0.05, 0) is 17.7 Å². The van der Waals surface area contributed by atoms with Gasteiger partial charge in [-0.2, -0.15) is 0 Å². The van der Waals surface area contributed by atoms with Crippen LogP contribution in [0.25, 0.3) is 11.4 Å². The van der Waals surface area contributed by atoms with Gasteiger partial charge in [0, 0.05) is 22.3 Å². The molecule has 0 N–H and O–H groups in total. The smallest absolute Gasteiger partial charge is 0.235 e. The number of nitrogens with zero attached hydrogens (tertiary/aromatic N) is 3. The van der Waals surface area contributed by atoms with Gasteiger partial charge in [0.1, 0.15) is 0 Å². The van der Waals surface area contributed by atoms with Gasteiger partial charge in [-0.15, -0.1) is 10.2 Å². The third kappa shape index (κ3) is 2.66. The molecular weight excluding hydrogens is 330 g/mol. The summed E-state index contributed by atoms with van der Waals surface area (Å²) in [6, 6.07) is 17.2. The zero-order valence-corrected chi connectivity index (χ0v) is 13.6. The van der Waals surface area contributed by atoms with Gasteiger partial charge in [0.2, 0.25) is 5.91 Å². The van der Waals surface area contributed by atoms with Crippen molar-refractivity contribution in [2.75, 3.05) is 0 Å². The van der Waals surface area contributed by atoms with Gasteiger partial charge >= 0.3 is 0 Å². The fourth-order valence-corrected chi connectivity index (χ4v) is 3.91. The number of thioether (sulfide) groups is 1. The van der Waals surface area contributed by atoms with Crippen molar-refractivity contribution in [3.8, 4) is 11.4 Å². The molecule has 4 rings (SSSR count). The number of aromatic nitrogens is 3. The Morgan fingerprint density at radius 3 is 2.52 bits per heavy atom. The van der Waals surface area contributed by atoms with E-state index in [1.165, 1.54) is 0 Å². The molecule has 0 radical (unpaired) electrons. The van der Waals surface area contributed by atoms with E-state index in [4.69, 9.17) is 11.6 Å². The maximum absolute atomic E-state index is 12.6. The maximum Gasteiger partial charge on any atom is 0.235 e. The van der Waals surface area contributed by atoms with Crippen molar-refractivity contribution in [1.82, 2.24) is 14.8 Å². The SMILES string of the molecule is O=C1CC(c2ccc(Cl)cc2)Sc2nnc(-c3ccccc3)n21. The minimum absolute atomic E-state index is 0.0163. The summed E-state index contributed by atoms with van der Waals surface area (Å²) in [5, 5.41) is 9.79. The Bertz CT molecular complexity index is 861. The number of benzene rings is 2. The molecule has 1 aromatic heterocycles. The lowest BCUT2D eigenvalue weighted by atomic mass is 10.1. The Labute approximate surface area is 142 Å². The predicted octanol–water partition coefficient (Wildman–Crippen LogP) is 4.48. The van der Waals surface area contributed by atoms with Crippen molar-refractivity contribution in [3.63, 3.8) is 0 Å². The van der Waals surface area contributed by atoms with Crippen molar-refractivity contribution in [1.29, 1.82) is 0 Å². The molecule has 6 heteroatoms. The van der Waals surface area contributed by atoms with Crippen molar-refractivity contribution in [2.24, 2.45) is 0 Å². The van der Waals surface area contributed by atoms with Gasteiger partial charge in [0.15, 0.2) is 11.0 Å². The molecule has 0 fully saturated rings. The molecule has 114 valence electrons. The summed E-state index contributed by atoms with van der Waals surface area (Å²) in [4.78, 5) is 12.6. The highest BCUT2D eigenvalue weighted by molar-refractivity contribution is 7.99. The molecule has 2 aromatic carbocycles. The molecule has 1 atom stereocenters. The second-order valence-electron chi connectivity index (χ2n) is 5.26. The molecule has 1 aliphatic heterocycles. The van der Waals surface area contributed by atoms with Crippen LogP contribution >= 0.6 is 23.4 Å². The van der Waals surface area contributed by atoms with Crippen LogP contribution in [0.1, 0.15) is 22.0 Å². The summed E-state index contributed by atoms with van der Waals surface area (Å²) in [5.41, 5.74) is 1.97. The molecule has 1 unspecified atom stereocenters. The number of halogens is 1. The van der Waals surface area contributed by atoms with Crippen LogP contribution in [-0.4, -0.2) is 20.7 Å². The van der Waals surface area contributed by atoms with Crippen molar-refractivity contribution in [2.45, 2.75) is 16.8 Å². The second-order valence-corrected chi connectivity index (χ2v) is 6.87. The average Bonchev–Trinajstić information content (AvgIpc) is 3.01. The zero-order valence-electron chi connectivity index (χ0n) is 12.0. The van der Waals surface area contributed by atoms with Crippen LogP contribution in [0.2, 0.25) is 5.02 Å². The van der Waals surface area contributed by atoms with Crippen LogP contribution in [0.15, 0.2) is 59.8 Å². The highest BCUT2D eigenvalue weighted by Gasteiger charge is 2.31. The minimum Gasteiger partial charge on any atom is -0.274 e. The lowest BCUT2D eigenvalue weighted by Gasteiger charge is -2.22. The molecule has 0 spiro atoms. The van der Waals surface area contributed by atoms with E-state index in [0.29, 0.717) is 22.4 Å². The Hall–Kier alpha value is -2.11. The summed E-state index contributed by atoms with van der Waals surface area (Å²) >= 11 is 7.49. The number of carbonyl (C=O) groups is 1. The Kier molecular flexibility index (Phi) is 3.67. The number of carbonyl (C=O) groups excluding carboxylic acids is 1. The average molecular weight is 342 g/mol. The summed E-state index contributed by atoms with van der Waals surface area (Å²) < 4.78 is 1.62. The normalized spacial score (nSPS) is 17.1. The molecule has 0 saturated carbocycles. The molecular formula is C17H12ClN3OS. The summed E-state index contributed by atoms with van der Waals surface area (Å²) in [5.74, 6) is 0.621. The van der Waals surface area contributed by atoms with E-state index in [0.717, 1.165) is 11.1 Å². The first-order valence-electron chi connectivity index (χ1n) is 7.18. The number of fused-ring (bicyclic) bond motifs is 1. The van der Waals surface area contributed by atoms with Gasteiger partial charge < -0.3 is 0 Å². The van der Waals surface area contributed by atoms with Crippen molar-refractivity contribution >= 4 is 29.3 Å². The molecule has 0 aliphatic carbocycles. The second kappa shape index (κ2) is 5.83. The van der Waals surface area contributed by atoms with Crippen LogP contribution in [0, 0.1) is 0 Å². The number of hydrogen-bond donors (Lipinski definition) is 0. The third-order valence-corrected chi connectivity index (χ3v) is 5.21. The summed E-state index contributed by atoms with van der Waals surface area (Å²) in [7, 11) is 0. The van der Waals surface area contributed by atoms with Gasteiger partial charge in [-0.1, -0.05) is 65.8 Å². The molecule has 0 amide bonds. The van der Waals surface area contributed by atoms with Crippen molar-refractivity contribution < 1.29 is 4.79 Å². The highest BCUT2D eigenvalue weighted by atomic mass is 35.5. The van der Waals surface area contributed by atoms with Gasteiger partial charge in [0.25, 0.3) is 0 Å². The monoisotopic (exact) mass is 341 g/mol. The van der Waals surface area contributed by atoms with Gasteiger partial charge in [0.05, 0.1) is 0 Å². The fraction of sp³-hybridized carbons (Fsp3) is 0.118. The quantitative estimate of drug-likeness (QED) is 0.689. The van der Waals surface area contributed by atoms with Crippen LogP contribution in [0.3, 0.4) is 0 Å². The third-order valence-electron chi connectivity index (χ3n) is 3.76. The van der Waals surface area contributed by atoms with E-state index < -0.39 is 0 Å². The molecule has 2 heterocycles. The number of rotatable bonds is 2. The first kappa shape index (κ1) is 14.5. The number of hydrogen-bond acceptors (Lipinski definition) is 4. The molecule has 0 saturated heterocycles. The van der Waals surface area contributed by atoms with E-state index in [1.54, 1.807) is 16.3 Å². The standard InChI is InChI=1S/C17H12ClN3OS/c18-13-8-6-11(7-9-13)14-10-15(22)21-16(19-20-17(21)23-14)12-4-2-1-3-5-12/h1-9,14H,10H2. The van der Waals surface area contributed by atoms with E-state index in [9.17, 15) is 4.79 Å². The maximum atomic E-state index is 12.6. The van der Waals surface area contributed by atoms with Crippen LogP contribution in [0.5, 0.6) is 0 Å². The summed E-state index contributed by atoms with van der Waals surface area (Å²) in [6.45, 7) is 0. The zero-order chi connectivity index (χ0) is 15.8. The Balaban J connectivity index is 1.70. The van der Waals surface area contributed by atoms with Crippen LogP contribution in [-0.2, 0) is 0 Å². The molecule has 0 bridgehead atoms. The van der Waals surface area contributed by atoms with E-state index >= 15 is 0 Å². The first-order valence-corrected chi connectivity index (χ1v) is 8.44. The lowest BCUT2D eigenvalue weighted by Crippen LogP contribution is -2.20. The lowest BCUT2D eigenvalue weighted by molar-refractivity contribution is 0.0888. The predicted molar refractivity (Wildman–Crippen MR) is 90.8 cm³/mol. The Morgan fingerprint density at radius 2 is 1.78 bits per heavy atom. The van der Waals surface area contributed by atoms with Crippen LogP contribution in [0.4, 0.5) is 0 Å². The highest BCUT2D eigenvalue weighted by Crippen LogP contribution is 2.42. The van der Waals surface area contributed by atoms with Gasteiger partial charge in [-0.3, -0.25) is 4.79 Å².